The van der Waals surface area contributed by atoms with Gasteiger partial charge in [0.05, 0.1) is 28.0 Å². The molecule has 51 heavy (non-hydrogen) atoms. The molecule has 246 valence electrons. The Balaban J connectivity index is 0.00000184. The molecule has 0 saturated heterocycles. The quantitative estimate of drug-likeness (QED) is 0.173. The van der Waals surface area contributed by atoms with Crippen LogP contribution in [-0.4, -0.2) is 15.3 Å². The summed E-state index contributed by atoms with van der Waals surface area (Å²) in [4.78, 5) is 8.87. The smallest absolute Gasteiger partial charge is 0.0712 e. The molecule has 0 unspecified atom stereocenters. The summed E-state index contributed by atoms with van der Waals surface area (Å²) in [6, 6.07) is 55.6. The highest BCUT2D eigenvalue weighted by Gasteiger charge is 2.21. The van der Waals surface area contributed by atoms with Crippen LogP contribution in [0.1, 0.15) is 37.5 Å². The minimum Gasteiger partial charge on any atom is -0.354 e. The summed E-state index contributed by atoms with van der Waals surface area (Å²) >= 11 is 0. The van der Waals surface area contributed by atoms with Crippen molar-refractivity contribution in [2.24, 2.45) is 4.99 Å². The Bertz CT molecular complexity index is 2760. The van der Waals surface area contributed by atoms with Crippen LogP contribution in [0.3, 0.4) is 0 Å². The van der Waals surface area contributed by atoms with Gasteiger partial charge in [-0.25, -0.2) is 4.99 Å². The minimum atomic E-state index is 0.718. The van der Waals surface area contributed by atoms with E-state index in [0.29, 0.717) is 0 Å². The number of fused-ring (bicyclic) bond motifs is 10. The van der Waals surface area contributed by atoms with Crippen LogP contribution in [0.4, 0.5) is 0 Å². The van der Waals surface area contributed by atoms with Crippen LogP contribution in [0.5, 0.6) is 0 Å². The zero-order valence-corrected chi connectivity index (χ0v) is 29.2. The number of nitrogens with one attached hydrogen (secondary N) is 1. The molecule has 0 aliphatic heterocycles. The molecule has 0 amide bonds. The van der Waals surface area contributed by atoms with Crippen molar-refractivity contribution >= 4 is 71.4 Å². The van der Waals surface area contributed by atoms with Crippen molar-refractivity contribution < 1.29 is 0 Å². The second-order valence-electron chi connectivity index (χ2n) is 12.6. The number of benzene rings is 7. The summed E-state index contributed by atoms with van der Waals surface area (Å²) in [5, 5.41) is 7.46. The van der Waals surface area contributed by atoms with Crippen LogP contribution in [-0.2, 0) is 0 Å². The first kappa shape index (κ1) is 31.8. The van der Waals surface area contributed by atoms with E-state index in [0.717, 1.165) is 39.3 Å². The maximum atomic E-state index is 5.11. The average Bonchev–Trinajstić information content (AvgIpc) is 3.76. The van der Waals surface area contributed by atoms with Crippen molar-refractivity contribution in [1.29, 1.82) is 0 Å². The third-order valence-electron chi connectivity index (χ3n) is 9.65. The van der Waals surface area contributed by atoms with Crippen LogP contribution in [0.2, 0.25) is 0 Å². The lowest BCUT2D eigenvalue weighted by Crippen LogP contribution is -1.99. The Labute approximate surface area is 298 Å². The number of para-hydroxylation sites is 2. The summed E-state index contributed by atoms with van der Waals surface area (Å²) in [5.74, 6) is 0. The van der Waals surface area contributed by atoms with Gasteiger partial charge in [0.15, 0.2) is 0 Å². The maximum absolute atomic E-state index is 5.11. The third-order valence-corrected chi connectivity index (χ3v) is 9.65. The predicted octanol–water partition coefficient (Wildman–Crippen LogP) is 13.2. The van der Waals surface area contributed by atoms with Gasteiger partial charge < -0.3 is 9.55 Å². The van der Waals surface area contributed by atoms with E-state index >= 15 is 0 Å². The lowest BCUT2D eigenvalue weighted by atomic mass is 9.99. The second-order valence-corrected chi connectivity index (χ2v) is 12.6. The second kappa shape index (κ2) is 13.5. The molecule has 0 saturated carbocycles. The van der Waals surface area contributed by atoms with Crippen LogP contribution in [0, 0.1) is 0 Å². The molecule has 3 heteroatoms. The number of aromatic amines is 1. The molecular formula is C48H39N3. The largest absolute Gasteiger partial charge is 0.354 e. The molecule has 0 aliphatic carbocycles. The van der Waals surface area contributed by atoms with Gasteiger partial charge in [0.1, 0.15) is 0 Å². The minimum absolute atomic E-state index is 0.718. The Morgan fingerprint density at radius 1 is 0.569 bits per heavy atom. The third kappa shape index (κ3) is 5.53. The van der Waals surface area contributed by atoms with Crippen LogP contribution in [0.15, 0.2) is 175 Å². The highest BCUT2D eigenvalue weighted by molar-refractivity contribution is 6.36. The molecule has 0 radical (unpaired) electrons. The Hall–Kier alpha value is -6.45. The van der Waals surface area contributed by atoms with Gasteiger partial charge in [0, 0.05) is 49.1 Å². The summed E-state index contributed by atoms with van der Waals surface area (Å²) in [7, 11) is 0. The standard InChI is InChI=1S/C46H33N3.C2H6/c1-30(32-15-5-3-6-16-32)29-41(34-17-7-4-8-18-34)47-31(2)33-25-27-35(28-26-33)49-42-24-14-12-22-39(42)44-43-38-21-11-13-23-40(38)48-45(43)36-19-9-10-20-37(36)46(44)49;1-2/h3-29,48H,2H2,1H3;1-2H3/b30-29+,47-41?;. The lowest BCUT2D eigenvalue weighted by Gasteiger charge is -2.12. The summed E-state index contributed by atoms with van der Waals surface area (Å²) in [6.07, 6.45) is 2.15. The summed E-state index contributed by atoms with van der Waals surface area (Å²) < 4.78 is 2.42. The molecule has 9 rings (SSSR count). The number of H-pyrrole nitrogens is 1. The van der Waals surface area contributed by atoms with Gasteiger partial charge in [-0.05, 0) is 54.0 Å². The van der Waals surface area contributed by atoms with Crippen molar-refractivity contribution in [1.82, 2.24) is 9.55 Å². The van der Waals surface area contributed by atoms with Crippen molar-refractivity contribution in [2.75, 3.05) is 0 Å². The number of nitrogens with zero attached hydrogens (tertiary/aromatic N) is 2. The zero-order valence-electron chi connectivity index (χ0n) is 29.2. The molecule has 2 heterocycles. The summed E-state index contributed by atoms with van der Waals surface area (Å²) in [6.45, 7) is 10.6. The Morgan fingerprint density at radius 3 is 1.84 bits per heavy atom. The van der Waals surface area contributed by atoms with Crippen molar-refractivity contribution in [3.63, 3.8) is 0 Å². The number of hydrogen-bond acceptors (Lipinski definition) is 1. The molecule has 0 atom stereocenters. The molecule has 0 aliphatic rings. The number of aliphatic imine (C=N–C) groups is 1. The van der Waals surface area contributed by atoms with Gasteiger partial charge in [0.25, 0.3) is 0 Å². The number of hydrogen-bond donors (Lipinski definition) is 1. The average molecular weight is 658 g/mol. The highest BCUT2D eigenvalue weighted by atomic mass is 15.0. The molecular weight excluding hydrogens is 619 g/mol. The first-order valence-corrected chi connectivity index (χ1v) is 17.7. The number of allylic oxidation sites excluding steroid dienone is 2. The van der Waals surface area contributed by atoms with Gasteiger partial charge in [0.2, 0.25) is 0 Å². The van der Waals surface area contributed by atoms with Crippen molar-refractivity contribution in [3.8, 4) is 5.69 Å². The topological polar surface area (TPSA) is 33.1 Å². The van der Waals surface area contributed by atoms with E-state index in [-0.39, 0.29) is 0 Å². The molecule has 0 bridgehead atoms. The van der Waals surface area contributed by atoms with E-state index in [2.05, 4.69) is 163 Å². The van der Waals surface area contributed by atoms with Crippen molar-refractivity contribution in [3.05, 3.63) is 187 Å². The van der Waals surface area contributed by atoms with Gasteiger partial charge in [-0.15, -0.1) is 0 Å². The van der Waals surface area contributed by atoms with Gasteiger partial charge >= 0.3 is 0 Å². The zero-order chi connectivity index (χ0) is 34.9. The van der Waals surface area contributed by atoms with E-state index in [4.69, 9.17) is 4.99 Å². The van der Waals surface area contributed by atoms with Gasteiger partial charge in [-0.2, -0.15) is 0 Å². The maximum Gasteiger partial charge on any atom is 0.0712 e. The molecule has 7 aromatic carbocycles. The molecule has 1 N–H and O–H groups in total. The predicted molar refractivity (Wildman–Crippen MR) is 221 cm³/mol. The molecule has 0 spiro atoms. The van der Waals surface area contributed by atoms with Crippen LogP contribution in [0.25, 0.3) is 71.3 Å². The van der Waals surface area contributed by atoms with Gasteiger partial charge in [-0.3, -0.25) is 0 Å². The lowest BCUT2D eigenvalue weighted by molar-refractivity contribution is 1.18. The molecule has 3 nitrogen and oxygen atoms in total. The van der Waals surface area contributed by atoms with E-state index in [1.165, 1.54) is 54.4 Å². The Kier molecular flexibility index (Phi) is 8.39. The first-order chi connectivity index (χ1) is 25.2. The first-order valence-electron chi connectivity index (χ1n) is 17.7. The fraction of sp³-hybridized carbons (Fsp3) is 0.0625. The number of rotatable bonds is 6. The molecule has 0 fully saturated rings. The number of aromatic nitrogens is 2. The van der Waals surface area contributed by atoms with E-state index in [9.17, 15) is 0 Å². The van der Waals surface area contributed by atoms with Crippen LogP contribution >= 0.6 is 0 Å². The van der Waals surface area contributed by atoms with Crippen LogP contribution < -0.4 is 0 Å². The highest BCUT2D eigenvalue weighted by Crippen LogP contribution is 2.44. The normalized spacial score (nSPS) is 12.1. The SMILES string of the molecule is C=C(N=C(/C=C(\C)c1ccccc1)c1ccccc1)c1ccc(-n2c3ccccc3c3c4c5ccccc5[nH]c4c4ccccc4c32)cc1.CC. The van der Waals surface area contributed by atoms with E-state index < -0.39 is 0 Å². The Morgan fingerprint density at radius 2 is 1.14 bits per heavy atom. The molecule has 2 aromatic heterocycles. The van der Waals surface area contributed by atoms with E-state index in [1.54, 1.807) is 0 Å². The van der Waals surface area contributed by atoms with Crippen molar-refractivity contribution in [2.45, 2.75) is 20.8 Å². The summed E-state index contributed by atoms with van der Waals surface area (Å²) in [5.41, 5.74) is 11.8. The molecule has 9 aromatic rings. The monoisotopic (exact) mass is 657 g/mol. The fourth-order valence-electron chi connectivity index (χ4n) is 7.32. The fourth-order valence-corrected chi connectivity index (χ4v) is 7.32. The van der Waals surface area contributed by atoms with E-state index in [1.807, 2.05) is 38.1 Å². The van der Waals surface area contributed by atoms with Gasteiger partial charge in [-0.1, -0.05) is 154 Å².